The number of carbonyl (C=O) groups excluding carboxylic acids is 3. The highest BCUT2D eigenvalue weighted by molar-refractivity contribution is 6.04. The van der Waals surface area contributed by atoms with Gasteiger partial charge < -0.3 is 15.3 Å². The van der Waals surface area contributed by atoms with Gasteiger partial charge in [-0.25, -0.2) is 9.59 Å². The number of hydrogen-bond acceptors (Lipinski definition) is 4. The Morgan fingerprint density at radius 2 is 2.05 bits per heavy atom. The Bertz CT molecular complexity index is 502. The fourth-order valence-corrected chi connectivity index (χ4v) is 2.57. The largest absolute Gasteiger partial charge is 0.480 e. The van der Waals surface area contributed by atoms with Gasteiger partial charge in [0.05, 0.1) is 0 Å². The lowest BCUT2D eigenvalue weighted by Gasteiger charge is -2.36. The molecule has 8 nitrogen and oxygen atoms in total. The number of hydrogen-bond donors (Lipinski definition) is 3. The van der Waals surface area contributed by atoms with Crippen molar-refractivity contribution in [2.75, 3.05) is 6.54 Å². The van der Waals surface area contributed by atoms with Crippen LogP contribution in [0.5, 0.6) is 0 Å². The topological polar surface area (TPSA) is 116 Å². The Morgan fingerprint density at radius 1 is 1.43 bits per heavy atom. The molecule has 1 saturated carbocycles. The van der Waals surface area contributed by atoms with Gasteiger partial charge >= 0.3 is 12.0 Å². The first-order valence-electron chi connectivity index (χ1n) is 6.95. The number of aliphatic carboxylic acids is 1. The van der Waals surface area contributed by atoms with Crippen LogP contribution < -0.4 is 10.6 Å². The standard InChI is InChI=1S/C13H19N3O5/c1-3-8-10(18)14-9(17)6-16(8)12(21)15-13(2,11(19)20)7-4-5-7/h7-8H,3-6H2,1-2H3,(H,15,21)(H,19,20)(H,14,17,18). The molecule has 2 atom stereocenters. The molecule has 1 saturated heterocycles. The van der Waals surface area contributed by atoms with Crippen molar-refractivity contribution < 1.29 is 24.3 Å². The summed E-state index contributed by atoms with van der Waals surface area (Å²) >= 11 is 0. The summed E-state index contributed by atoms with van der Waals surface area (Å²) in [4.78, 5) is 48.0. The molecule has 2 rings (SSSR count). The highest BCUT2D eigenvalue weighted by Crippen LogP contribution is 2.39. The van der Waals surface area contributed by atoms with E-state index >= 15 is 0 Å². The number of nitrogens with one attached hydrogen (secondary N) is 2. The first-order valence-corrected chi connectivity index (χ1v) is 6.95. The Labute approximate surface area is 121 Å². The highest BCUT2D eigenvalue weighted by atomic mass is 16.4. The van der Waals surface area contributed by atoms with E-state index < -0.39 is 35.4 Å². The van der Waals surface area contributed by atoms with E-state index in [2.05, 4.69) is 10.6 Å². The number of nitrogens with zero attached hydrogens (tertiary/aromatic N) is 1. The highest BCUT2D eigenvalue weighted by Gasteiger charge is 2.50. The van der Waals surface area contributed by atoms with E-state index in [9.17, 15) is 24.3 Å². The molecule has 0 radical (unpaired) electrons. The molecule has 2 aliphatic rings. The van der Waals surface area contributed by atoms with Crippen LogP contribution in [-0.2, 0) is 14.4 Å². The summed E-state index contributed by atoms with van der Waals surface area (Å²) in [7, 11) is 0. The average Bonchev–Trinajstić information content (AvgIpc) is 3.21. The summed E-state index contributed by atoms with van der Waals surface area (Å²) in [5.41, 5.74) is -1.37. The van der Waals surface area contributed by atoms with Crippen LogP contribution in [0, 0.1) is 5.92 Å². The fraction of sp³-hybridized carbons (Fsp3) is 0.692. The zero-order valence-electron chi connectivity index (χ0n) is 12.0. The number of rotatable bonds is 4. The molecular weight excluding hydrogens is 278 g/mol. The van der Waals surface area contributed by atoms with E-state index in [0.29, 0.717) is 6.42 Å². The molecular formula is C13H19N3O5. The van der Waals surface area contributed by atoms with Crippen molar-refractivity contribution >= 4 is 23.8 Å². The smallest absolute Gasteiger partial charge is 0.329 e. The number of imide groups is 1. The number of urea groups is 1. The molecule has 0 bridgehead atoms. The number of piperazine rings is 1. The lowest BCUT2D eigenvalue weighted by Crippen LogP contribution is -2.65. The van der Waals surface area contributed by atoms with Gasteiger partial charge in [0.25, 0.3) is 0 Å². The van der Waals surface area contributed by atoms with Crippen molar-refractivity contribution in [3.8, 4) is 0 Å². The molecule has 0 aromatic heterocycles. The molecule has 0 aromatic carbocycles. The minimum Gasteiger partial charge on any atom is -0.480 e. The summed E-state index contributed by atoms with van der Waals surface area (Å²) in [6, 6.07) is -1.46. The van der Waals surface area contributed by atoms with E-state index in [1.54, 1.807) is 6.92 Å². The fourth-order valence-electron chi connectivity index (χ4n) is 2.57. The van der Waals surface area contributed by atoms with E-state index in [1.165, 1.54) is 6.92 Å². The van der Waals surface area contributed by atoms with Gasteiger partial charge in [-0.3, -0.25) is 14.9 Å². The van der Waals surface area contributed by atoms with Crippen LogP contribution in [0.1, 0.15) is 33.1 Å². The average molecular weight is 297 g/mol. The van der Waals surface area contributed by atoms with Crippen LogP contribution in [0.3, 0.4) is 0 Å². The maximum Gasteiger partial charge on any atom is 0.329 e. The predicted molar refractivity (Wildman–Crippen MR) is 71.2 cm³/mol. The van der Waals surface area contributed by atoms with Crippen molar-refractivity contribution in [2.45, 2.75) is 44.7 Å². The van der Waals surface area contributed by atoms with E-state index in [-0.39, 0.29) is 12.5 Å². The zero-order chi connectivity index (χ0) is 15.8. The van der Waals surface area contributed by atoms with Crippen molar-refractivity contribution in [1.82, 2.24) is 15.5 Å². The number of amides is 4. The predicted octanol–water partition coefficient (Wildman–Crippen LogP) is -0.314. The Morgan fingerprint density at radius 3 is 2.52 bits per heavy atom. The first-order chi connectivity index (χ1) is 9.79. The zero-order valence-corrected chi connectivity index (χ0v) is 12.0. The SMILES string of the molecule is CCC1C(=O)NC(=O)CN1C(=O)NC(C)(C(=O)O)C1CC1. The van der Waals surface area contributed by atoms with Gasteiger partial charge in [-0.05, 0) is 32.1 Å². The molecule has 1 heterocycles. The Balaban J connectivity index is 2.15. The molecule has 2 fully saturated rings. The van der Waals surface area contributed by atoms with Crippen LogP contribution in [0.25, 0.3) is 0 Å². The molecule has 1 aliphatic carbocycles. The maximum atomic E-state index is 12.3. The van der Waals surface area contributed by atoms with E-state index in [0.717, 1.165) is 17.7 Å². The van der Waals surface area contributed by atoms with Gasteiger partial charge in [0.15, 0.2) is 0 Å². The summed E-state index contributed by atoms with van der Waals surface area (Å²) < 4.78 is 0. The van der Waals surface area contributed by atoms with Crippen LogP contribution in [0.4, 0.5) is 4.79 Å². The van der Waals surface area contributed by atoms with Gasteiger partial charge in [-0.15, -0.1) is 0 Å². The van der Waals surface area contributed by atoms with Crippen molar-refractivity contribution in [3.63, 3.8) is 0 Å². The van der Waals surface area contributed by atoms with Crippen LogP contribution in [0.15, 0.2) is 0 Å². The van der Waals surface area contributed by atoms with Gasteiger partial charge in [0.1, 0.15) is 18.1 Å². The Kier molecular flexibility index (Phi) is 3.89. The van der Waals surface area contributed by atoms with Crippen LogP contribution >= 0.6 is 0 Å². The third-order valence-corrected chi connectivity index (χ3v) is 4.11. The van der Waals surface area contributed by atoms with E-state index in [4.69, 9.17) is 0 Å². The van der Waals surface area contributed by atoms with Crippen molar-refractivity contribution in [1.29, 1.82) is 0 Å². The van der Waals surface area contributed by atoms with Crippen molar-refractivity contribution in [3.05, 3.63) is 0 Å². The first kappa shape index (κ1) is 15.3. The van der Waals surface area contributed by atoms with Gasteiger partial charge in [0.2, 0.25) is 11.8 Å². The summed E-state index contributed by atoms with van der Waals surface area (Å²) in [6.45, 7) is 2.92. The molecule has 1 aliphatic heterocycles. The summed E-state index contributed by atoms with van der Waals surface area (Å²) in [5.74, 6) is -2.33. The molecule has 3 N–H and O–H groups in total. The summed E-state index contributed by atoms with van der Waals surface area (Å²) in [6.07, 6.45) is 1.82. The second kappa shape index (κ2) is 5.34. The lowest BCUT2D eigenvalue weighted by molar-refractivity contribution is -0.144. The minimum absolute atomic E-state index is 0.117. The molecule has 21 heavy (non-hydrogen) atoms. The third kappa shape index (κ3) is 2.84. The second-order valence-electron chi connectivity index (χ2n) is 5.68. The molecule has 0 aromatic rings. The van der Waals surface area contributed by atoms with Crippen LogP contribution in [-0.4, -0.2) is 51.9 Å². The lowest BCUT2D eigenvalue weighted by atomic mass is 9.96. The van der Waals surface area contributed by atoms with Gasteiger partial charge in [-0.2, -0.15) is 0 Å². The molecule has 8 heteroatoms. The number of carboxylic acids is 1. The van der Waals surface area contributed by atoms with E-state index in [1.807, 2.05) is 0 Å². The molecule has 4 amide bonds. The minimum atomic E-state index is -1.37. The quantitative estimate of drug-likeness (QED) is 0.615. The second-order valence-corrected chi connectivity index (χ2v) is 5.68. The molecule has 2 unspecified atom stereocenters. The van der Waals surface area contributed by atoms with Crippen molar-refractivity contribution in [2.24, 2.45) is 5.92 Å². The number of carbonyl (C=O) groups is 4. The monoisotopic (exact) mass is 297 g/mol. The molecule has 0 spiro atoms. The third-order valence-electron chi connectivity index (χ3n) is 4.11. The van der Waals surface area contributed by atoms with Gasteiger partial charge in [-0.1, -0.05) is 6.92 Å². The van der Waals surface area contributed by atoms with Gasteiger partial charge in [0, 0.05) is 0 Å². The normalized spacial score (nSPS) is 25.0. The van der Waals surface area contributed by atoms with Crippen LogP contribution in [0.2, 0.25) is 0 Å². The number of carboxylic acid groups (broad SMARTS) is 1. The Hall–Kier alpha value is -2.12. The maximum absolute atomic E-state index is 12.3. The summed E-state index contributed by atoms with van der Waals surface area (Å²) in [5, 5.41) is 14.0. The molecule has 116 valence electrons.